The predicted molar refractivity (Wildman–Crippen MR) is 90.4 cm³/mol. The molecule has 0 aromatic heterocycles. The van der Waals surface area contributed by atoms with Gasteiger partial charge in [-0.25, -0.2) is 9.59 Å². The molecule has 1 rings (SSSR count). The summed E-state index contributed by atoms with van der Waals surface area (Å²) < 4.78 is 15.2. The number of hydrogen-bond acceptors (Lipinski definition) is 5. The Morgan fingerprint density at radius 3 is 2.08 bits per heavy atom. The molecule has 5 nitrogen and oxygen atoms in total. The number of carbonyl (C=O) groups is 2. The van der Waals surface area contributed by atoms with Crippen LogP contribution >= 0.6 is 0 Å². The summed E-state index contributed by atoms with van der Waals surface area (Å²) in [6.45, 7) is 7.22. The highest BCUT2D eigenvalue weighted by atomic mass is 16.6. The summed E-state index contributed by atoms with van der Waals surface area (Å²) in [7, 11) is 1.57. The topological polar surface area (TPSA) is 61.8 Å². The number of hydrogen-bond donors (Lipinski definition) is 0. The van der Waals surface area contributed by atoms with Crippen LogP contribution in [0, 0.1) is 17.3 Å². The normalized spacial score (nSPS) is 10.1. The van der Waals surface area contributed by atoms with Gasteiger partial charge in [0.2, 0.25) is 5.41 Å². The van der Waals surface area contributed by atoms with Crippen LogP contribution in [0.4, 0.5) is 0 Å². The van der Waals surface area contributed by atoms with Gasteiger partial charge in [0.05, 0.1) is 20.3 Å². The highest BCUT2D eigenvalue weighted by Gasteiger charge is 2.46. The quantitative estimate of drug-likeness (QED) is 0.333. The van der Waals surface area contributed by atoms with Gasteiger partial charge in [-0.2, -0.15) is 0 Å². The van der Waals surface area contributed by atoms with E-state index in [1.807, 2.05) is 0 Å². The Hall–Kier alpha value is -2.74. The minimum Gasteiger partial charge on any atom is -0.497 e. The van der Waals surface area contributed by atoms with Gasteiger partial charge in [-0.05, 0) is 38.1 Å². The molecule has 0 bridgehead atoms. The van der Waals surface area contributed by atoms with E-state index in [1.54, 1.807) is 45.2 Å². The molecular formula is C19H22O5. The first-order valence-electron chi connectivity index (χ1n) is 7.66. The minimum absolute atomic E-state index is 0.00776. The molecule has 24 heavy (non-hydrogen) atoms. The molecule has 0 saturated heterocycles. The lowest BCUT2D eigenvalue weighted by Gasteiger charge is -2.22. The van der Waals surface area contributed by atoms with E-state index in [0.717, 1.165) is 0 Å². The number of carbonyl (C=O) groups excluding carboxylic acids is 2. The van der Waals surface area contributed by atoms with Gasteiger partial charge >= 0.3 is 11.9 Å². The van der Waals surface area contributed by atoms with Crippen LogP contribution in [-0.4, -0.2) is 32.3 Å². The van der Waals surface area contributed by atoms with Crippen LogP contribution in [-0.2, 0) is 19.1 Å². The van der Waals surface area contributed by atoms with Crippen molar-refractivity contribution in [3.63, 3.8) is 0 Å². The average molecular weight is 330 g/mol. The summed E-state index contributed by atoms with van der Waals surface area (Å²) in [6.07, 6.45) is 1.46. The second-order valence-electron chi connectivity index (χ2n) is 4.82. The average Bonchev–Trinajstić information content (AvgIpc) is 2.59. The lowest BCUT2D eigenvalue weighted by atomic mass is 9.84. The second-order valence-corrected chi connectivity index (χ2v) is 4.82. The molecule has 0 unspecified atom stereocenters. The Labute approximate surface area is 142 Å². The third-order valence-electron chi connectivity index (χ3n) is 3.21. The van der Waals surface area contributed by atoms with Gasteiger partial charge < -0.3 is 14.2 Å². The number of ether oxygens (including phenoxy) is 3. The molecule has 0 atom stereocenters. The lowest BCUT2D eigenvalue weighted by Crippen LogP contribution is -2.40. The van der Waals surface area contributed by atoms with Gasteiger partial charge in [-0.3, -0.25) is 0 Å². The first-order chi connectivity index (χ1) is 11.5. The first kappa shape index (κ1) is 19.3. The summed E-state index contributed by atoms with van der Waals surface area (Å²) in [6, 6.07) is 6.96. The largest absolute Gasteiger partial charge is 0.497 e. The van der Waals surface area contributed by atoms with E-state index >= 15 is 0 Å². The SMILES string of the molecule is C=CCC(C#Cc1ccc(OC)cc1)(C(=O)OCC)C(=O)OCC. The summed E-state index contributed by atoms with van der Waals surface area (Å²) in [4.78, 5) is 24.8. The fourth-order valence-electron chi connectivity index (χ4n) is 1.98. The third kappa shape index (κ3) is 4.63. The Bertz CT molecular complexity index is 616. The lowest BCUT2D eigenvalue weighted by molar-refractivity contribution is -0.167. The Morgan fingerprint density at radius 1 is 1.12 bits per heavy atom. The molecule has 0 radical (unpaired) electrons. The van der Waals surface area contributed by atoms with E-state index in [4.69, 9.17) is 14.2 Å². The molecule has 0 aliphatic heterocycles. The molecule has 5 heteroatoms. The zero-order valence-corrected chi connectivity index (χ0v) is 14.3. The smallest absolute Gasteiger partial charge is 0.336 e. The summed E-state index contributed by atoms with van der Waals surface area (Å²) in [5, 5.41) is 0. The number of esters is 2. The number of methoxy groups -OCH3 is 1. The fraction of sp³-hybridized carbons (Fsp3) is 0.368. The van der Waals surface area contributed by atoms with Gasteiger partial charge in [0.15, 0.2) is 0 Å². The molecule has 0 saturated carbocycles. The summed E-state index contributed by atoms with van der Waals surface area (Å²) >= 11 is 0. The number of allylic oxidation sites excluding steroid dienone is 1. The van der Waals surface area contributed by atoms with E-state index in [1.165, 1.54) is 6.08 Å². The maximum atomic E-state index is 12.4. The third-order valence-corrected chi connectivity index (χ3v) is 3.21. The van der Waals surface area contributed by atoms with Crippen molar-refractivity contribution in [2.45, 2.75) is 20.3 Å². The van der Waals surface area contributed by atoms with Crippen LogP contribution in [0.15, 0.2) is 36.9 Å². The monoisotopic (exact) mass is 330 g/mol. The zero-order valence-electron chi connectivity index (χ0n) is 14.3. The van der Waals surface area contributed by atoms with Crippen molar-refractivity contribution in [1.29, 1.82) is 0 Å². The van der Waals surface area contributed by atoms with Crippen molar-refractivity contribution >= 4 is 11.9 Å². The van der Waals surface area contributed by atoms with Crippen LogP contribution in [0.1, 0.15) is 25.8 Å². The zero-order chi connectivity index (χ0) is 18.0. The molecule has 0 heterocycles. The van der Waals surface area contributed by atoms with Gasteiger partial charge in [0.1, 0.15) is 5.75 Å². The highest BCUT2D eigenvalue weighted by Crippen LogP contribution is 2.27. The molecule has 1 aromatic carbocycles. The molecule has 128 valence electrons. The van der Waals surface area contributed by atoms with Crippen molar-refractivity contribution in [1.82, 2.24) is 0 Å². The fourth-order valence-corrected chi connectivity index (χ4v) is 1.98. The van der Waals surface area contributed by atoms with E-state index in [2.05, 4.69) is 18.4 Å². The molecule has 0 aliphatic rings. The highest BCUT2D eigenvalue weighted by molar-refractivity contribution is 6.04. The van der Waals surface area contributed by atoms with Gasteiger partial charge in [0.25, 0.3) is 0 Å². The van der Waals surface area contributed by atoms with Gasteiger partial charge in [-0.1, -0.05) is 17.9 Å². The number of rotatable bonds is 7. The van der Waals surface area contributed by atoms with E-state index in [0.29, 0.717) is 11.3 Å². The van der Waals surface area contributed by atoms with Crippen molar-refractivity contribution in [2.75, 3.05) is 20.3 Å². The first-order valence-corrected chi connectivity index (χ1v) is 7.66. The molecule has 0 spiro atoms. The minimum atomic E-state index is -1.71. The van der Waals surface area contributed by atoms with Crippen LogP contribution in [0.25, 0.3) is 0 Å². The summed E-state index contributed by atoms with van der Waals surface area (Å²) in [5.41, 5.74) is -1.08. The predicted octanol–water partition coefficient (Wildman–Crippen LogP) is 2.74. The van der Waals surface area contributed by atoms with E-state index < -0.39 is 17.4 Å². The van der Waals surface area contributed by atoms with Crippen molar-refractivity contribution < 1.29 is 23.8 Å². The Morgan fingerprint density at radius 2 is 1.67 bits per heavy atom. The Balaban J connectivity index is 3.29. The van der Waals surface area contributed by atoms with Gasteiger partial charge in [-0.15, -0.1) is 6.58 Å². The van der Waals surface area contributed by atoms with E-state index in [-0.39, 0.29) is 19.6 Å². The van der Waals surface area contributed by atoms with E-state index in [9.17, 15) is 9.59 Å². The maximum absolute atomic E-state index is 12.4. The van der Waals surface area contributed by atoms with Crippen molar-refractivity contribution in [2.24, 2.45) is 5.41 Å². The maximum Gasteiger partial charge on any atom is 0.336 e. The van der Waals surface area contributed by atoms with Crippen molar-refractivity contribution in [3.8, 4) is 17.6 Å². The molecular weight excluding hydrogens is 308 g/mol. The van der Waals surface area contributed by atoms with Crippen molar-refractivity contribution in [3.05, 3.63) is 42.5 Å². The molecule has 1 aromatic rings. The number of benzene rings is 1. The van der Waals surface area contributed by atoms with Gasteiger partial charge in [0, 0.05) is 12.0 Å². The second kappa shape index (κ2) is 9.41. The molecule has 0 N–H and O–H groups in total. The molecule has 0 amide bonds. The van der Waals surface area contributed by atoms with Crippen LogP contribution in [0.5, 0.6) is 5.75 Å². The molecule has 0 fully saturated rings. The molecule has 0 aliphatic carbocycles. The van der Waals surface area contributed by atoms with Crippen LogP contribution in [0.3, 0.4) is 0 Å². The standard InChI is InChI=1S/C19H22O5/c1-5-13-19(17(20)23-6-2,18(21)24-7-3)14-12-15-8-10-16(22-4)11-9-15/h5,8-11H,1,6-7,13H2,2-4H3. The van der Waals surface area contributed by atoms with Crippen LogP contribution in [0.2, 0.25) is 0 Å². The Kier molecular flexibility index (Phi) is 7.57. The summed E-state index contributed by atoms with van der Waals surface area (Å²) in [5.74, 6) is 4.82. The van der Waals surface area contributed by atoms with Crippen LogP contribution < -0.4 is 4.74 Å².